The van der Waals surface area contributed by atoms with E-state index in [2.05, 4.69) is 54.5 Å². The van der Waals surface area contributed by atoms with Gasteiger partial charge in [0.05, 0.1) is 12.5 Å². The summed E-state index contributed by atoms with van der Waals surface area (Å²) in [5.74, 6) is 1.10. The van der Waals surface area contributed by atoms with Crippen LogP contribution >= 0.6 is 11.8 Å². The van der Waals surface area contributed by atoms with Crippen LogP contribution in [0.3, 0.4) is 0 Å². The van der Waals surface area contributed by atoms with Gasteiger partial charge in [0.1, 0.15) is 12.1 Å². The average molecular weight is 616 g/mol. The number of ether oxygens (including phenoxy) is 2. The number of esters is 2. The number of hydrogen-bond donors (Lipinski definition) is 1. The summed E-state index contributed by atoms with van der Waals surface area (Å²) in [6, 6.07) is -0.590. The summed E-state index contributed by atoms with van der Waals surface area (Å²) >= 11 is 1.69. The Morgan fingerprint density at radius 2 is 1.67 bits per heavy atom. The highest BCUT2D eigenvalue weighted by molar-refractivity contribution is 7.98. The van der Waals surface area contributed by atoms with E-state index in [0.29, 0.717) is 6.42 Å². The van der Waals surface area contributed by atoms with Crippen LogP contribution in [0.2, 0.25) is 0 Å². The molecule has 43 heavy (non-hydrogen) atoms. The molecule has 0 amide bonds. The molecule has 0 saturated heterocycles. The molecule has 0 unspecified atom stereocenters. The lowest BCUT2D eigenvalue weighted by atomic mass is 9.33. The summed E-state index contributed by atoms with van der Waals surface area (Å²) in [6.45, 7) is 16.2. The van der Waals surface area contributed by atoms with Crippen molar-refractivity contribution in [1.82, 2.24) is 0 Å². The number of carbonyl (C=O) groups excluding carboxylic acids is 3. The maximum absolute atomic E-state index is 14.6. The summed E-state index contributed by atoms with van der Waals surface area (Å²) in [7, 11) is 1.50. The highest BCUT2D eigenvalue weighted by Gasteiger charge is 2.70. The zero-order chi connectivity index (χ0) is 31.8. The molecule has 0 aromatic rings. The normalized spacial score (nSPS) is 45.8. The average Bonchev–Trinajstić information content (AvgIpc) is 2.94. The van der Waals surface area contributed by atoms with Gasteiger partial charge >= 0.3 is 11.9 Å². The minimum atomic E-state index is -0.590. The van der Waals surface area contributed by atoms with E-state index in [1.165, 1.54) is 12.7 Å². The first kappa shape index (κ1) is 33.0. The SMILES string of the molecule is COC(=O)[C@@]1(C)CC[C@]2(C)CC[C@]3(C)C(=CC(=O)[C@@H]4[C@@]5(C)CC[C@H](OC(=O)[C@@H](N)CCSC)C(C)(C)[C@@H]5CC[C@]43C)[C@@H]2C1. The first-order valence-electron chi connectivity index (χ1n) is 16.7. The van der Waals surface area contributed by atoms with Gasteiger partial charge in [-0.25, -0.2) is 0 Å². The second-order valence-electron chi connectivity index (χ2n) is 16.9. The van der Waals surface area contributed by atoms with E-state index >= 15 is 0 Å². The molecule has 0 heterocycles. The molecule has 4 saturated carbocycles. The molecular weight excluding hydrogens is 558 g/mol. The summed E-state index contributed by atoms with van der Waals surface area (Å²) in [6.07, 6.45) is 12.9. The van der Waals surface area contributed by atoms with Crippen LogP contribution in [0.25, 0.3) is 0 Å². The fourth-order valence-electron chi connectivity index (χ4n) is 11.4. The van der Waals surface area contributed by atoms with Gasteiger partial charge in [-0.2, -0.15) is 11.8 Å². The lowest BCUT2D eigenvalue weighted by Gasteiger charge is -2.70. The largest absolute Gasteiger partial charge is 0.469 e. The van der Waals surface area contributed by atoms with Gasteiger partial charge in [0, 0.05) is 11.3 Å². The number of nitrogens with two attached hydrogens (primary N) is 1. The molecule has 0 aromatic heterocycles. The summed E-state index contributed by atoms with van der Waals surface area (Å²) in [4.78, 5) is 40.5. The topological polar surface area (TPSA) is 95.7 Å². The molecule has 0 bridgehead atoms. The van der Waals surface area contributed by atoms with Gasteiger partial charge < -0.3 is 15.2 Å². The van der Waals surface area contributed by atoms with Crippen LogP contribution in [0.15, 0.2) is 11.6 Å². The van der Waals surface area contributed by atoms with Crippen molar-refractivity contribution in [1.29, 1.82) is 0 Å². The fourth-order valence-corrected chi connectivity index (χ4v) is 11.9. The molecule has 0 radical (unpaired) electrons. The van der Waals surface area contributed by atoms with E-state index in [-0.39, 0.29) is 68.7 Å². The van der Waals surface area contributed by atoms with E-state index < -0.39 is 11.5 Å². The summed E-state index contributed by atoms with van der Waals surface area (Å²) in [5.41, 5.74) is 6.38. The predicted octanol–water partition coefficient (Wildman–Crippen LogP) is 7.13. The second kappa shape index (κ2) is 10.9. The third-order valence-electron chi connectivity index (χ3n) is 14.4. The van der Waals surface area contributed by atoms with Crippen LogP contribution in [-0.4, -0.2) is 49.0 Å². The highest BCUT2D eigenvalue weighted by atomic mass is 32.2. The maximum atomic E-state index is 14.6. The molecule has 0 spiro atoms. The molecule has 0 aliphatic heterocycles. The first-order chi connectivity index (χ1) is 19.9. The Kier molecular flexibility index (Phi) is 8.36. The van der Waals surface area contributed by atoms with Crippen molar-refractivity contribution in [2.24, 2.45) is 56.0 Å². The van der Waals surface area contributed by atoms with Crippen LogP contribution in [0.1, 0.15) is 113 Å². The molecule has 4 fully saturated rings. The van der Waals surface area contributed by atoms with Crippen LogP contribution in [0.4, 0.5) is 0 Å². The van der Waals surface area contributed by atoms with Crippen LogP contribution in [0, 0.1) is 50.2 Å². The molecular formula is C36H57NO5S. The molecule has 5 rings (SSSR count). The van der Waals surface area contributed by atoms with Crippen molar-refractivity contribution in [3.8, 4) is 0 Å². The zero-order valence-corrected chi connectivity index (χ0v) is 29.1. The van der Waals surface area contributed by atoms with E-state index in [4.69, 9.17) is 15.2 Å². The minimum Gasteiger partial charge on any atom is -0.469 e. The van der Waals surface area contributed by atoms with Gasteiger partial charge in [-0.3, -0.25) is 14.4 Å². The molecule has 6 nitrogen and oxygen atoms in total. The van der Waals surface area contributed by atoms with Gasteiger partial charge in [0.25, 0.3) is 0 Å². The number of ketones is 1. The van der Waals surface area contributed by atoms with Gasteiger partial charge in [0.2, 0.25) is 0 Å². The zero-order valence-electron chi connectivity index (χ0n) is 28.3. The Morgan fingerprint density at radius 1 is 1.00 bits per heavy atom. The first-order valence-corrected chi connectivity index (χ1v) is 18.1. The third-order valence-corrected chi connectivity index (χ3v) is 15.0. The quantitative estimate of drug-likeness (QED) is 0.318. The minimum absolute atomic E-state index is 0.0767. The number of fused-ring (bicyclic) bond motifs is 7. The van der Waals surface area contributed by atoms with Gasteiger partial charge in [-0.1, -0.05) is 47.1 Å². The molecule has 0 aromatic carbocycles. The Bertz CT molecular complexity index is 1200. The molecule has 10 atom stereocenters. The van der Waals surface area contributed by atoms with Crippen LogP contribution < -0.4 is 5.73 Å². The summed E-state index contributed by atoms with van der Waals surface area (Å²) < 4.78 is 11.4. The second-order valence-corrected chi connectivity index (χ2v) is 17.9. The fraction of sp³-hybridized carbons (Fsp3) is 0.861. The van der Waals surface area contributed by atoms with Crippen molar-refractivity contribution in [2.45, 2.75) is 125 Å². The van der Waals surface area contributed by atoms with E-state index in [9.17, 15) is 14.4 Å². The van der Waals surface area contributed by atoms with E-state index in [1.54, 1.807) is 11.8 Å². The molecule has 7 heteroatoms. The van der Waals surface area contributed by atoms with Gasteiger partial charge in [-0.05, 0) is 123 Å². The maximum Gasteiger partial charge on any atom is 0.323 e. The van der Waals surface area contributed by atoms with Crippen molar-refractivity contribution in [3.63, 3.8) is 0 Å². The number of rotatable bonds is 6. The lowest BCUT2D eigenvalue weighted by molar-refractivity contribution is -0.211. The van der Waals surface area contributed by atoms with Crippen LogP contribution in [-0.2, 0) is 23.9 Å². The van der Waals surface area contributed by atoms with Crippen molar-refractivity contribution < 1.29 is 23.9 Å². The van der Waals surface area contributed by atoms with Crippen molar-refractivity contribution in [2.75, 3.05) is 19.1 Å². The summed E-state index contributed by atoms with van der Waals surface area (Å²) in [5, 5.41) is 0. The Labute approximate surface area is 264 Å². The Hall–Kier alpha value is -1.34. The van der Waals surface area contributed by atoms with Crippen molar-refractivity contribution in [3.05, 3.63) is 11.6 Å². The number of methoxy groups -OCH3 is 1. The van der Waals surface area contributed by atoms with E-state index in [0.717, 1.165) is 63.5 Å². The molecule has 242 valence electrons. The molecule has 5 aliphatic rings. The lowest BCUT2D eigenvalue weighted by Crippen LogP contribution is -2.67. The molecule has 5 aliphatic carbocycles. The smallest absolute Gasteiger partial charge is 0.323 e. The third kappa shape index (κ3) is 4.79. The number of allylic oxidation sites excluding steroid dienone is 2. The van der Waals surface area contributed by atoms with Gasteiger partial charge in [0.15, 0.2) is 5.78 Å². The molecule has 2 N–H and O–H groups in total. The monoisotopic (exact) mass is 615 g/mol. The van der Waals surface area contributed by atoms with Crippen LogP contribution in [0.5, 0.6) is 0 Å². The number of thioether (sulfide) groups is 1. The van der Waals surface area contributed by atoms with E-state index in [1.807, 2.05) is 6.26 Å². The number of carbonyl (C=O) groups is 3. The highest BCUT2D eigenvalue weighted by Crippen LogP contribution is 2.75. The van der Waals surface area contributed by atoms with Gasteiger partial charge in [-0.15, -0.1) is 0 Å². The predicted molar refractivity (Wildman–Crippen MR) is 172 cm³/mol. The Balaban J connectivity index is 1.47. The standard InChI is InChI=1S/C36H57NO5S/c1-31(2)26-10-14-36(7)28(34(26,5)13-11-27(31)42-29(39)24(37)12-19-43-9)25(38)20-22-23-21-33(4,30(40)41-8)16-15-32(23,3)17-18-35(22,36)6/h20,23-24,26-28H,10-19,21,37H2,1-9H3/t23-,24-,26-,27-,28+,32+,33-,34-,35+,36+/m0/s1. The number of hydrogen-bond acceptors (Lipinski definition) is 7. The Morgan fingerprint density at radius 3 is 2.33 bits per heavy atom. The van der Waals surface area contributed by atoms with Crippen molar-refractivity contribution >= 4 is 29.5 Å².